The molecule has 2 aliphatic heterocycles. The Morgan fingerprint density at radius 1 is 1.12 bits per heavy atom. The van der Waals surface area contributed by atoms with Gasteiger partial charge in [0.05, 0.1) is 0 Å². The van der Waals surface area contributed by atoms with Gasteiger partial charge in [-0.2, -0.15) is 0 Å². The summed E-state index contributed by atoms with van der Waals surface area (Å²) in [4.78, 5) is 12.5. The average molecular weight is 374 g/mol. The van der Waals surface area contributed by atoms with Gasteiger partial charge in [0.2, 0.25) is 5.91 Å². The molecule has 2 fully saturated rings. The van der Waals surface area contributed by atoms with E-state index in [0.717, 1.165) is 22.9 Å². The van der Waals surface area contributed by atoms with Gasteiger partial charge in [0, 0.05) is 29.3 Å². The lowest BCUT2D eigenvalue weighted by atomic mass is 9.90. The molecule has 2 aromatic rings. The van der Waals surface area contributed by atoms with Crippen LogP contribution in [-0.4, -0.2) is 30.0 Å². The summed E-state index contributed by atoms with van der Waals surface area (Å²) >= 11 is 7.73. The first kappa shape index (κ1) is 16.9. The number of nitrogens with one attached hydrogen (secondary N) is 3. The molecule has 25 heavy (non-hydrogen) atoms. The van der Waals surface area contributed by atoms with E-state index in [4.69, 9.17) is 11.6 Å². The van der Waals surface area contributed by atoms with Crippen LogP contribution in [0.4, 0.5) is 0 Å². The van der Waals surface area contributed by atoms with Gasteiger partial charge in [0.1, 0.15) is 11.5 Å². The smallest absolute Gasteiger partial charge is 0.240 e. The molecule has 2 aliphatic rings. The minimum Gasteiger partial charge on any atom is -0.330 e. The van der Waals surface area contributed by atoms with Crippen molar-refractivity contribution in [2.75, 3.05) is 6.54 Å². The van der Waals surface area contributed by atoms with Crippen LogP contribution < -0.4 is 16.0 Å². The number of fused-ring (bicyclic) bond motifs is 1. The van der Waals surface area contributed by atoms with Crippen molar-refractivity contribution >= 4 is 29.3 Å². The Morgan fingerprint density at radius 2 is 1.96 bits per heavy atom. The van der Waals surface area contributed by atoms with Crippen molar-refractivity contribution in [1.82, 2.24) is 16.0 Å². The Bertz CT molecular complexity index is 757. The van der Waals surface area contributed by atoms with Crippen LogP contribution in [0, 0.1) is 0 Å². The van der Waals surface area contributed by atoms with Crippen molar-refractivity contribution in [3.8, 4) is 0 Å². The summed E-state index contributed by atoms with van der Waals surface area (Å²) in [5, 5.41) is 10.8. The molecule has 4 atom stereocenters. The number of amides is 1. The summed E-state index contributed by atoms with van der Waals surface area (Å²) in [6.07, 6.45) is 0. The van der Waals surface area contributed by atoms with E-state index >= 15 is 0 Å². The molecule has 0 aromatic heterocycles. The van der Waals surface area contributed by atoms with E-state index in [1.807, 2.05) is 24.3 Å². The second kappa shape index (κ2) is 7.38. The number of halogens is 1. The molecule has 1 amide bonds. The van der Waals surface area contributed by atoms with Crippen LogP contribution in [0.25, 0.3) is 0 Å². The van der Waals surface area contributed by atoms with Crippen molar-refractivity contribution in [2.24, 2.45) is 0 Å². The standard InChI is InChI=1S/C19H20ClN3OS/c20-14-8-4-5-12(9-14)11-25-19-22-16-15(13-6-2-1-3-7-13)10-21-17(16)18(24)23-19/h1-9,15-17,19,21-22H,10-11H2,(H,23,24). The Hall–Kier alpha value is -1.53. The fraction of sp³-hybridized carbons (Fsp3) is 0.316. The molecule has 2 aromatic carbocycles. The number of thioether (sulfide) groups is 1. The van der Waals surface area contributed by atoms with Crippen molar-refractivity contribution in [3.63, 3.8) is 0 Å². The van der Waals surface area contributed by atoms with Gasteiger partial charge in [-0.05, 0) is 23.3 Å². The molecule has 130 valence electrons. The van der Waals surface area contributed by atoms with Gasteiger partial charge in [-0.15, -0.1) is 11.8 Å². The molecule has 0 radical (unpaired) electrons. The Balaban J connectivity index is 1.45. The lowest BCUT2D eigenvalue weighted by Gasteiger charge is -2.35. The first-order valence-electron chi connectivity index (χ1n) is 8.41. The molecule has 4 nitrogen and oxygen atoms in total. The zero-order chi connectivity index (χ0) is 17.2. The maximum atomic E-state index is 12.5. The molecule has 2 heterocycles. The van der Waals surface area contributed by atoms with Gasteiger partial charge in [0.25, 0.3) is 0 Å². The fourth-order valence-corrected chi connectivity index (χ4v) is 4.77. The van der Waals surface area contributed by atoms with Crippen LogP contribution in [0.15, 0.2) is 54.6 Å². The topological polar surface area (TPSA) is 53.2 Å². The largest absolute Gasteiger partial charge is 0.330 e. The monoisotopic (exact) mass is 373 g/mol. The van der Waals surface area contributed by atoms with Crippen LogP contribution in [0.2, 0.25) is 5.02 Å². The third-order valence-electron chi connectivity index (χ3n) is 4.78. The second-order valence-electron chi connectivity index (χ2n) is 6.43. The molecule has 0 bridgehead atoms. The third kappa shape index (κ3) is 3.70. The van der Waals surface area contributed by atoms with Crippen LogP contribution >= 0.6 is 23.4 Å². The van der Waals surface area contributed by atoms with E-state index in [9.17, 15) is 4.79 Å². The molecule has 2 saturated heterocycles. The third-order valence-corrected chi connectivity index (χ3v) is 6.11. The van der Waals surface area contributed by atoms with E-state index in [2.05, 4.69) is 46.3 Å². The quantitative estimate of drug-likeness (QED) is 0.771. The summed E-state index contributed by atoms with van der Waals surface area (Å²) < 4.78 is 0. The highest BCUT2D eigenvalue weighted by Gasteiger charge is 2.45. The number of rotatable bonds is 4. The number of carbonyl (C=O) groups is 1. The minimum atomic E-state index is -0.173. The number of carbonyl (C=O) groups excluding carboxylic acids is 1. The van der Waals surface area contributed by atoms with E-state index in [1.165, 1.54) is 5.56 Å². The van der Waals surface area contributed by atoms with E-state index in [0.29, 0.717) is 5.92 Å². The number of hydrogen-bond donors (Lipinski definition) is 3. The summed E-state index contributed by atoms with van der Waals surface area (Å²) in [6, 6.07) is 18.2. The molecule has 0 aliphatic carbocycles. The van der Waals surface area contributed by atoms with Crippen LogP contribution in [-0.2, 0) is 10.5 Å². The second-order valence-corrected chi connectivity index (χ2v) is 7.95. The first-order valence-corrected chi connectivity index (χ1v) is 9.84. The Labute approximate surface area is 156 Å². The Morgan fingerprint density at radius 3 is 2.76 bits per heavy atom. The van der Waals surface area contributed by atoms with E-state index in [1.54, 1.807) is 11.8 Å². The van der Waals surface area contributed by atoms with Crippen LogP contribution in [0.1, 0.15) is 17.0 Å². The minimum absolute atomic E-state index is 0.0748. The maximum Gasteiger partial charge on any atom is 0.240 e. The van der Waals surface area contributed by atoms with Crippen molar-refractivity contribution in [2.45, 2.75) is 29.3 Å². The van der Waals surface area contributed by atoms with Gasteiger partial charge >= 0.3 is 0 Å². The highest BCUT2D eigenvalue weighted by atomic mass is 35.5. The molecular weight excluding hydrogens is 354 g/mol. The summed E-state index contributed by atoms with van der Waals surface area (Å²) in [6.45, 7) is 0.811. The summed E-state index contributed by atoms with van der Waals surface area (Å²) in [5.74, 6) is 1.16. The number of hydrogen-bond acceptors (Lipinski definition) is 4. The van der Waals surface area contributed by atoms with Gasteiger partial charge < -0.3 is 10.6 Å². The molecule has 6 heteroatoms. The van der Waals surface area contributed by atoms with E-state index < -0.39 is 0 Å². The predicted octanol–water partition coefficient (Wildman–Crippen LogP) is 2.70. The zero-order valence-electron chi connectivity index (χ0n) is 13.6. The van der Waals surface area contributed by atoms with Crippen LogP contribution in [0.3, 0.4) is 0 Å². The van der Waals surface area contributed by atoms with Gasteiger partial charge in [-0.3, -0.25) is 10.1 Å². The average Bonchev–Trinajstić information content (AvgIpc) is 3.05. The lowest BCUT2D eigenvalue weighted by Crippen LogP contribution is -2.64. The predicted molar refractivity (Wildman–Crippen MR) is 103 cm³/mol. The van der Waals surface area contributed by atoms with Crippen molar-refractivity contribution in [1.29, 1.82) is 0 Å². The highest BCUT2D eigenvalue weighted by Crippen LogP contribution is 2.30. The lowest BCUT2D eigenvalue weighted by molar-refractivity contribution is -0.125. The fourth-order valence-electron chi connectivity index (χ4n) is 3.57. The molecule has 0 spiro atoms. The normalized spacial score (nSPS) is 28.4. The van der Waals surface area contributed by atoms with E-state index in [-0.39, 0.29) is 23.5 Å². The zero-order valence-corrected chi connectivity index (χ0v) is 15.2. The highest BCUT2D eigenvalue weighted by molar-refractivity contribution is 7.99. The molecule has 0 saturated carbocycles. The molecular formula is C19H20ClN3OS. The van der Waals surface area contributed by atoms with Gasteiger partial charge in [-0.1, -0.05) is 54.1 Å². The SMILES string of the molecule is O=C1NC(SCc2cccc(Cl)c2)NC2C1NCC2c1ccccc1. The molecule has 3 N–H and O–H groups in total. The summed E-state index contributed by atoms with van der Waals surface area (Å²) in [5.41, 5.74) is 2.32. The van der Waals surface area contributed by atoms with Gasteiger partial charge in [-0.25, -0.2) is 0 Å². The number of benzene rings is 2. The molecule has 4 unspecified atom stereocenters. The summed E-state index contributed by atoms with van der Waals surface area (Å²) in [7, 11) is 0. The van der Waals surface area contributed by atoms with Crippen LogP contribution in [0.5, 0.6) is 0 Å². The first-order chi connectivity index (χ1) is 12.2. The molecule has 4 rings (SSSR count). The maximum absolute atomic E-state index is 12.5. The van der Waals surface area contributed by atoms with Gasteiger partial charge in [0.15, 0.2) is 0 Å². The van der Waals surface area contributed by atoms with Crippen molar-refractivity contribution in [3.05, 3.63) is 70.7 Å². The van der Waals surface area contributed by atoms with Crippen molar-refractivity contribution < 1.29 is 4.79 Å². The Kier molecular flexibility index (Phi) is 4.99.